The van der Waals surface area contributed by atoms with Gasteiger partial charge in [0.1, 0.15) is 5.65 Å². The van der Waals surface area contributed by atoms with Gasteiger partial charge in [-0.2, -0.15) is 0 Å². The van der Waals surface area contributed by atoms with Crippen molar-refractivity contribution in [2.45, 2.75) is 6.42 Å². The van der Waals surface area contributed by atoms with Crippen LogP contribution in [0, 0.1) is 0 Å². The maximum Gasteiger partial charge on any atom is 0.146 e. The monoisotopic (exact) mass is 358 g/mol. The summed E-state index contributed by atoms with van der Waals surface area (Å²) in [5.41, 5.74) is 10.4. The van der Waals surface area contributed by atoms with Gasteiger partial charge in [-0.15, -0.1) is 0 Å². The van der Waals surface area contributed by atoms with Crippen molar-refractivity contribution in [3.63, 3.8) is 0 Å². The maximum absolute atomic E-state index is 5.03. The fourth-order valence-electron chi connectivity index (χ4n) is 4.78. The molecular formula is C24H14N4. The highest BCUT2D eigenvalue weighted by Crippen LogP contribution is 2.43. The van der Waals surface area contributed by atoms with Gasteiger partial charge in [0.25, 0.3) is 0 Å². The largest absolute Gasteiger partial charge is 0.289 e. The Morgan fingerprint density at radius 3 is 2.79 bits per heavy atom. The van der Waals surface area contributed by atoms with E-state index in [1.54, 1.807) is 6.20 Å². The molecule has 28 heavy (non-hydrogen) atoms. The fraction of sp³-hybridized carbons (Fsp3) is 0.0417. The summed E-state index contributed by atoms with van der Waals surface area (Å²) in [6.45, 7) is 0. The number of nitrogens with zero attached hydrogens (tertiary/aromatic N) is 4. The van der Waals surface area contributed by atoms with Crippen LogP contribution >= 0.6 is 0 Å². The molecule has 2 aromatic carbocycles. The number of imidazole rings is 1. The van der Waals surface area contributed by atoms with Gasteiger partial charge in [0, 0.05) is 23.2 Å². The van der Waals surface area contributed by atoms with Crippen molar-refractivity contribution in [3.05, 3.63) is 84.3 Å². The first-order chi connectivity index (χ1) is 13.9. The third-order valence-electron chi connectivity index (χ3n) is 5.95. The van der Waals surface area contributed by atoms with E-state index in [1.807, 2.05) is 24.5 Å². The van der Waals surface area contributed by atoms with Gasteiger partial charge in [-0.3, -0.25) is 14.4 Å². The van der Waals surface area contributed by atoms with E-state index < -0.39 is 0 Å². The molecule has 4 heteroatoms. The number of fused-ring (bicyclic) bond motifs is 12. The molecule has 0 unspecified atom stereocenters. The molecule has 0 atom stereocenters. The minimum atomic E-state index is 0.929. The van der Waals surface area contributed by atoms with Gasteiger partial charge < -0.3 is 0 Å². The zero-order valence-electron chi connectivity index (χ0n) is 14.9. The second-order valence-electron chi connectivity index (χ2n) is 7.35. The first-order valence-corrected chi connectivity index (χ1v) is 9.43. The molecule has 0 bridgehead atoms. The lowest BCUT2D eigenvalue weighted by molar-refractivity contribution is 1.25. The van der Waals surface area contributed by atoms with Gasteiger partial charge in [-0.05, 0) is 46.9 Å². The van der Waals surface area contributed by atoms with Gasteiger partial charge in [0.05, 0.1) is 28.3 Å². The van der Waals surface area contributed by atoms with E-state index in [9.17, 15) is 0 Å². The van der Waals surface area contributed by atoms with Crippen molar-refractivity contribution in [1.82, 2.24) is 19.4 Å². The van der Waals surface area contributed by atoms with Crippen LogP contribution < -0.4 is 0 Å². The van der Waals surface area contributed by atoms with E-state index in [0.717, 1.165) is 39.5 Å². The molecule has 0 radical (unpaired) electrons. The fourth-order valence-corrected chi connectivity index (χ4v) is 4.78. The van der Waals surface area contributed by atoms with Crippen LogP contribution in [0.4, 0.5) is 0 Å². The van der Waals surface area contributed by atoms with E-state index in [0.29, 0.717) is 0 Å². The van der Waals surface area contributed by atoms with Gasteiger partial charge in [0.15, 0.2) is 0 Å². The zero-order chi connectivity index (χ0) is 18.2. The summed E-state index contributed by atoms with van der Waals surface area (Å²) < 4.78 is 2.22. The third-order valence-corrected chi connectivity index (χ3v) is 5.95. The van der Waals surface area contributed by atoms with E-state index in [-0.39, 0.29) is 0 Å². The molecule has 1 aliphatic carbocycles. The Kier molecular flexibility index (Phi) is 2.51. The molecule has 4 nitrogen and oxygen atoms in total. The summed E-state index contributed by atoms with van der Waals surface area (Å²) in [7, 11) is 0. The number of hydrogen-bond acceptors (Lipinski definition) is 3. The summed E-state index contributed by atoms with van der Waals surface area (Å²) in [4.78, 5) is 14.1. The molecule has 0 saturated carbocycles. The molecule has 130 valence electrons. The quantitative estimate of drug-likeness (QED) is 0.352. The predicted octanol–water partition coefficient (Wildman–Crippen LogP) is 5.16. The molecule has 7 rings (SSSR count). The lowest BCUT2D eigenvalue weighted by Gasteiger charge is -2.11. The van der Waals surface area contributed by atoms with Crippen LogP contribution in [0.25, 0.3) is 49.6 Å². The van der Waals surface area contributed by atoms with Crippen LogP contribution in [0.5, 0.6) is 0 Å². The Morgan fingerprint density at radius 1 is 0.821 bits per heavy atom. The highest BCUT2D eigenvalue weighted by atomic mass is 15.0. The summed E-state index contributed by atoms with van der Waals surface area (Å²) in [5.74, 6) is 0. The molecule has 0 fully saturated rings. The Labute approximate surface area is 160 Å². The Balaban J connectivity index is 1.79. The van der Waals surface area contributed by atoms with Crippen molar-refractivity contribution in [3.8, 4) is 11.1 Å². The summed E-state index contributed by atoms with van der Waals surface area (Å²) >= 11 is 0. The normalized spacial score (nSPS) is 12.9. The van der Waals surface area contributed by atoms with Crippen LogP contribution in [0.2, 0.25) is 0 Å². The molecule has 0 aliphatic heterocycles. The van der Waals surface area contributed by atoms with Crippen molar-refractivity contribution in [2.75, 3.05) is 0 Å². The molecule has 0 amide bonds. The topological polar surface area (TPSA) is 43.1 Å². The van der Waals surface area contributed by atoms with Gasteiger partial charge in [0.2, 0.25) is 0 Å². The van der Waals surface area contributed by atoms with Crippen LogP contribution in [-0.4, -0.2) is 19.4 Å². The minimum absolute atomic E-state index is 0.929. The molecule has 0 spiro atoms. The molecule has 0 saturated heterocycles. The minimum Gasteiger partial charge on any atom is -0.289 e. The lowest BCUT2D eigenvalue weighted by atomic mass is 9.99. The second-order valence-corrected chi connectivity index (χ2v) is 7.35. The second kappa shape index (κ2) is 4.93. The molecular weight excluding hydrogens is 344 g/mol. The first kappa shape index (κ1) is 14.3. The van der Waals surface area contributed by atoms with Gasteiger partial charge in [-0.1, -0.05) is 36.4 Å². The van der Waals surface area contributed by atoms with E-state index >= 15 is 0 Å². The number of benzene rings is 2. The molecule has 0 N–H and O–H groups in total. The average Bonchev–Trinajstić information content (AvgIpc) is 3.32. The van der Waals surface area contributed by atoms with E-state index in [4.69, 9.17) is 9.97 Å². The highest BCUT2D eigenvalue weighted by Gasteiger charge is 2.24. The van der Waals surface area contributed by atoms with Crippen molar-refractivity contribution in [1.29, 1.82) is 0 Å². The number of aromatic nitrogens is 4. The van der Waals surface area contributed by atoms with Gasteiger partial charge in [-0.25, -0.2) is 4.98 Å². The average molecular weight is 358 g/mol. The summed E-state index contributed by atoms with van der Waals surface area (Å²) in [6.07, 6.45) is 6.49. The summed E-state index contributed by atoms with van der Waals surface area (Å²) in [5, 5.41) is 2.37. The van der Waals surface area contributed by atoms with Crippen LogP contribution in [0.15, 0.2) is 73.2 Å². The smallest absolute Gasteiger partial charge is 0.146 e. The number of rotatable bonds is 0. The van der Waals surface area contributed by atoms with Crippen LogP contribution in [-0.2, 0) is 6.42 Å². The maximum atomic E-state index is 5.03. The van der Waals surface area contributed by atoms with Crippen molar-refractivity contribution >= 4 is 38.5 Å². The predicted molar refractivity (Wildman–Crippen MR) is 112 cm³/mol. The van der Waals surface area contributed by atoms with Crippen LogP contribution in [0.3, 0.4) is 0 Å². The van der Waals surface area contributed by atoms with Crippen molar-refractivity contribution < 1.29 is 0 Å². The Hall–Kier alpha value is -3.79. The highest BCUT2D eigenvalue weighted by molar-refractivity contribution is 6.15. The first-order valence-electron chi connectivity index (χ1n) is 9.43. The standard InChI is InChI=1S/C24H14N4/c1-2-5-15-14(4-1)12-18-16(15)7-8-17-22(18)24-27-19-9-11-25-13-21(19)28(24)20-6-3-10-26-23(17)20/h1-11,13H,12H2. The molecule has 4 heterocycles. The van der Waals surface area contributed by atoms with E-state index in [1.165, 1.54) is 27.6 Å². The number of pyridine rings is 3. The molecule has 6 aromatic rings. The van der Waals surface area contributed by atoms with Gasteiger partial charge >= 0.3 is 0 Å². The van der Waals surface area contributed by atoms with Crippen molar-refractivity contribution in [2.24, 2.45) is 0 Å². The Bertz CT molecular complexity index is 1590. The SMILES string of the molecule is c1ccc2c(c1)Cc1c-2ccc2c3ncccc3n3c4cnccc4nc3c12. The zero-order valence-corrected chi connectivity index (χ0v) is 14.9. The lowest BCUT2D eigenvalue weighted by Crippen LogP contribution is -1.96. The number of hydrogen-bond donors (Lipinski definition) is 0. The molecule has 4 aromatic heterocycles. The third kappa shape index (κ3) is 1.63. The Morgan fingerprint density at radius 2 is 1.79 bits per heavy atom. The van der Waals surface area contributed by atoms with E-state index in [2.05, 4.69) is 51.8 Å². The van der Waals surface area contributed by atoms with Crippen LogP contribution in [0.1, 0.15) is 11.1 Å². The molecule has 1 aliphatic rings. The summed E-state index contributed by atoms with van der Waals surface area (Å²) in [6, 6.07) is 19.2.